The van der Waals surface area contributed by atoms with Crippen LogP contribution in [0, 0.1) is 0 Å². The minimum Gasteiger partial charge on any atom is -0.370 e. The van der Waals surface area contributed by atoms with E-state index in [4.69, 9.17) is 41.2 Å². The second-order valence-electron chi connectivity index (χ2n) is 5.82. The summed E-state index contributed by atoms with van der Waals surface area (Å²) in [7, 11) is 0. The van der Waals surface area contributed by atoms with E-state index in [1.807, 2.05) is 30.3 Å². The Morgan fingerprint density at radius 1 is 1.07 bits per heavy atom. The molecular formula is C19H19Cl2N3O2S. The lowest BCUT2D eigenvalue weighted by Gasteiger charge is -2.25. The second-order valence-corrected chi connectivity index (χ2v) is 7.05. The molecule has 0 bridgehead atoms. The average molecular weight is 424 g/mol. The number of hydrogen-bond donors (Lipinski definition) is 2. The minimum absolute atomic E-state index is 0.131. The van der Waals surface area contributed by atoms with Crippen LogP contribution >= 0.6 is 35.4 Å². The van der Waals surface area contributed by atoms with Gasteiger partial charge in [-0.2, -0.15) is 0 Å². The summed E-state index contributed by atoms with van der Waals surface area (Å²) in [6.07, 6.45) is 0.837. The first-order valence-corrected chi connectivity index (χ1v) is 9.41. The van der Waals surface area contributed by atoms with Crippen LogP contribution in [0.1, 0.15) is 22.3 Å². The Labute approximate surface area is 173 Å². The van der Waals surface area contributed by atoms with Gasteiger partial charge in [0.25, 0.3) is 5.91 Å². The number of nitrogens with two attached hydrogens (primary N) is 1. The highest BCUT2D eigenvalue weighted by Crippen LogP contribution is 2.20. The van der Waals surface area contributed by atoms with E-state index in [1.165, 1.54) is 12.1 Å². The van der Waals surface area contributed by atoms with Gasteiger partial charge < -0.3 is 10.6 Å². The number of halogens is 2. The summed E-state index contributed by atoms with van der Waals surface area (Å²) in [4.78, 5) is 25.4. The highest BCUT2D eigenvalue weighted by atomic mass is 35.5. The summed E-state index contributed by atoms with van der Waals surface area (Å²) >= 11 is 17.3. The smallest absolute Gasteiger partial charge is 0.258 e. The van der Waals surface area contributed by atoms with Gasteiger partial charge in [0.15, 0.2) is 5.11 Å². The standard InChI is InChI=1S/C19H19Cl2N3O2S/c20-14-6-7-15(16(21)12-14)18(26)23-19(27)24(11-9-17(22)25)10-8-13-4-2-1-3-5-13/h1-7,12H,8-11H2,(H2,22,25)(H,23,26,27). The monoisotopic (exact) mass is 423 g/mol. The van der Waals surface area contributed by atoms with Crippen molar-refractivity contribution in [1.29, 1.82) is 0 Å². The van der Waals surface area contributed by atoms with Crippen LogP contribution in [0.3, 0.4) is 0 Å². The summed E-state index contributed by atoms with van der Waals surface area (Å²) in [6, 6.07) is 14.4. The third-order valence-corrected chi connectivity index (χ3v) is 4.73. The van der Waals surface area contributed by atoms with Crippen molar-refractivity contribution in [3.8, 4) is 0 Å². The van der Waals surface area contributed by atoms with Crippen molar-refractivity contribution in [2.75, 3.05) is 13.1 Å². The average Bonchev–Trinajstić information content (AvgIpc) is 2.62. The molecule has 2 aromatic carbocycles. The molecular weight excluding hydrogens is 405 g/mol. The van der Waals surface area contributed by atoms with Gasteiger partial charge >= 0.3 is 0 Å². The number of primary amides is 1. The number of thiocarbonyl (C=S) groups is 1. The molecule has 5 nitrogen and oxygen atoms in total. The summed E-state index contributed by atoms with van der Waals surface area (Å²) in [6.45, 7) is 0.848. The van der Waals surface area contributed by atoms with Crippen molar-refractivity contribution >= 4 is 52.3 Å². The van der Waals surface area contributed by atoms with Gasteiger partial charge in [0.2, 0.25) is 5.91 Å². The fourth-order valence-corrected chi connectivity index (χ4v) is 3.16. The Kier molecular flexibility index (Phi) is 8.03. The summed E-state index contributed by atoms with van der Waals surface area (Å²) in [5.41, 5.74) is 6.64. The molecule has 0 aromatic heterocycles. The molecule has 2 rings (SSSR count). The van der Waals surface area contributed by atoms with Crippen LogP contribution in [0.4, 0.5) is 0 Å². The van der Waals surface area contributed by atoms with Crippen LogP contribution < -0.4 is 11.1 Å². The number of carbonyl (C=O) groups excluding carboxylic acids is 2. The fraction of sp³-hybridized carbons (Fsp3) is 0.211. The van der Waals surface area contributed by atoms with Crippen LogP contribution in [-0.2, 0) is 11.2 Å². The van der Waals surface area contributed by atoms with Crippen molar-refractivity contribution in [3.05, 3.63) is 69.7 Å². The van der Waals surface area contributed by atoms with E-state index < -0.39 is 11.8 Å². The number of rotatable bonds is 7. The maximum atomic E-state index is 12.5. The zero-order valence-corrected chi connectivity index (χ0v) is 16.8. The number of nitrogens with zero attached hydrogens (tertiary/aromatic N) is 1. The van der Waals surface area contributed by atoms with Crippen molar-refractivity contribution in [2.45, 2.75) is 12.8 Å². The van der Waals surface area contributed by atoms with Gasteiger partial charge in [-0.3, -0.25) is 14.9 Å². The van der Waals surface area contributed by atoms with E-state index in [0.717, 1.165) is 5.56 Å². The van der Waals surface area contributed by atoms with E-state index in [2.05, 4.69) is 5.32 Å². The van der Waals surface area contributed by atoms with E-state index >= 15 is 0 Å². The Balaban J connectivity index is 2.05. The molecule has 27 heavy (non-hydrogen) atoms. The number of benzene rings is 2. The molecule has 0 spiro atoms. The van der Waals surface area contributed by atoms with Crippen molar-refractivity contribution in [3.63, 3.8) is 0 Å². The summed E-state index contributed by atoms with van der Waals surface area (Å²) in [5, 5.41) is 3.53. The molecule has 0 radical (unpaired) electrons. The van der Waals surface area contributed by atoms with Crippen LogP contribution in [0.5, 0.6) is 0 Å². The molecule has 2 aromatic rings. The van der Waals surface area contributed by atoms with E-state index in [1.54, 1.807) is 11.0 Å². The highest BCUT2D eigenvalue weighted by Gasteiger charge is 2.17. The molecule has 8 heteroatoms. The molecule has 0 aliphatic heterocycles. The Bertz CT molecular complexity index is 831. The molecule has 0 heterocycles. The fourth-order valence-electron chi connectivity index (χ4n) is 2.39. The first-order valence-electron chi connectivity index (χ1n) is 8.24. The molecule has 0 saturated carbocycles. The van der Waals surface area contributed by atoms with Gasteiger partial charge in [0.05, 0.1) is 10.6 Å². The summed E-state index contributed by atoms with van der Waals surface area (Å²) < 4.78 is 0. The third-order valence-electron chi connectivity index (χ3n) is 3.82. The predicted octanol–water partition coefficient (Wildman–Crippen LogP) is 3.43. The topological polar surface area (TPSA) is 75.4 Å². The van der Waals surface area contributed by atoms with Gasteiger partial charge in [-0.1, -0.05) is 53.5 Å². The molecule has 3 N–H and O–H groups in total. The number of nitrogens with one attached hydrogen (secondary N) is 1. The van der Waals surface area contributed by atoms with Crippen molar-refractivity contribution in [2.24, 2.45) is 5.73 Å². The maximum absolute atomic E-state index is 12.5. The van der Waals surface area contributed by atoms with Crippen molar-refractivity contribution in [1.82, 2.24) is 10.2 Å². The molecule has 0 saturated heterocycles. The minimum atomic E-state index is -0.439. The first kappa shape index (κ1) is 21.2. The van der Waals surface area contributed by atoms with Crippen LogP contribution in [0.15, 0.2) is 48.5 Å². The van der Waals surface area contributed by atoms with E-state index in [-0.39, 0.29) is 22.1 Å². The van der Waals surface area contributed by atoms with Gasteiger partial charge in [0, 0.05) is 24.5 Å². The Hall–Kier alpha value is -2.15. The largest absolute Gasteiger partial charge is 0.370 e. The molecule has 142 valence electrons. The zero-order valence-electron chi connectivity index (χ0n) is 14.5. The molecule has 0 unspecified atom stereocenters. The maximum Gasteiger partial charge on any atom is 0.258 e. The highest BCUT2D eigenvalue weighted by molar-refractivity contribution is 7.80. The Morgan fingerprint density at radius 2 is 1.78 bits per heavy atom. The van der Waals surface area contributed by atoms with Gasteiger partial charge in [-0.05, 0) is 42.4 Å². The number of hydrogen-bond acceptors (Lipinski definition) is 3. The molecule has 0 fully saturated rings. The van der Waals surface area contributed by atoms with Crippen molar-refractivity contribution < 1.29 is 9.59 Å². The third kappa shape index (κ3) is 6.82. The predicted molar refractivity (Wildman–Crippen MR) is 112 cm³/mol. The SMILES string of the molecule is NC(=O)CCN(CCc1ccccc1)C(=S)NC(=O)c1ccc(Cl)cc1Cl. The van der Waals surface area contributed by atoms with Gasteiger partial charge in [0.1, 0.15) is 0 Å². The summed E-state index contributed by atoms with van der Waals surface area (Å²) in [5.74, 6) is -0.875. The van der Waals surface area contributed by atoms with Crippen LogP contribution in [-0.4, -0.2) is 34.9 Å². The number of amides is 2. The zero-order chi connectivity index (χ0) is 19.8. The molecule has 0 atom stereocenters. The van der Waals surface area contributed by atoms with Gasteiger partial charge in [-0.25, -0.2) is 0 Å². The lowest BCUT2D eigenvalue weighted by Crippen LogP contribution is -2.44. The van der Waals surface area contributed by atoms with Gasteiger partial charge in [-0.15, -0.1) is 0 Å². The Morgan fingerprint density at radius 3 is 2.41 bits per heavy atom. The molecule has 2 amide bonds. The lowest BCUT2D eigenvalue weighted by atomic mass is 10.1. The lowest BCUT2D eigenvalue weighted by molar-refractivity contribution is -0.118. The first-order chi connectivity index (χ1) is 12.9. The number of carbonyl (C=O) groups is 2. The van der Waals surface area contributed by atoms with E-state index in [0.29, 0.717) is 24.5 Å². The molecule has 0 aliphatic carbocycles. The normalized spacial score (nSPS) is 10.3. The van der Waals surface area contributed by atoms with Crippen LogP contribution in [0.25, 0.3) is 0 Å². The van der Waals surface area contributed by atoms with E-state index in [9.17, 15) is 9.59 Å². The second kappa shape index (κ2) is 10.3. The van der Waals surface area contributed by atoms with Crippen LogP contribution in [0.2, 0.25) is 10.0 Å². The molecule has 0 aliphatic rings. The quantitative estimate of drug-likeness (QED) is 0.668.